The van der Waals surface area contributed by atoms with Crippen LogP contribution in [0.25, 0.3) is 0 Å². The van der Waals surface area contributed by atoms with E-state index in [9.17, 15) is 9.59 Å². The molecular weight excluding hydrogens is 1770 g/mol. The lowest BCUT2D eigenvalue weighted by molar-refractivity contribution is 0.0399. The smallest absolute Gasteiger partial charge is 0.407 e. The first-order valence-corrected chi connectivity index (χ1v) is 46.7. The third-order valence-corrected chi connectivity index (χ3v) is 22.4. The Balaban J connectivity index is 0.864. The van der Waals surface area contributed by atoms with E-state index in [-0.39, 0.29) is 275 Å². The van der Waals surface area contributed by atoms with Crippen LogP contribution in [0.5, 0.6) is 40.2 Å². The molecule has 0 saturated heterocycles. The molecule has 0 fully saturated rings. The third kappa shape index (κ3) is 31.7. The summed E-state index contributed by atoms with van der Waals surface area (Å²) in [6, 6.07) is 79.2. The molecular formula is C108H120N12O19. The van der Waals surface area contributed by atoms with Crippen molar-refractivity contribution in [3.05, 3.63) is 350 Å². The van der Waals surface area contributed by atoms with Crippen LogP contribution >= 0.6 is 0 Å². The number of alkyl carbamates (subject to hydrolysis) is 1. The van der Waals surface area contributed by atoms with Gasteiger partial charge >= 0.3 is 6.09 Å². The number of amides is 9. The second kappa shape index (κ2) is 53.4. The summed E-state index contributed by atoms with van der Waals surface area (Å²) >= 11 is 0. The zero-order chi connectivity index (χ0) is 97.2. The lowest BCUT2D eigenvalue weighted by Gasteiger charge is -2.28. The number of rotatable bonds is 35. The van der Waals surface area contributed by atoms with E-state index in [1.54, 1.807) is 39.0 Å². The summed E-state index contributed by atoms with van der Waals surface area (Å²) in [5.74, 6) is -4.54. The Kier molecular flexibility index (Phi) is 38.9. The van der Waals surface area contributed by atoms with Gasteiger partial charge in [0, 0.05) is 118 Å². The normalized spacial score (nSPS) is 15.0. The molecule has 3 aliphatic rings. The second-order valence-corrected chi connectivity index (χ2v) is 33.8. The summed E-state index contributed by atoms with van der Waals surface area (Å²) in [7, 11) is 0. The van der Waals surface area contributed by atoms with Crippen LogP contribution in [0.3, 0.4) is 0 Å². The summed E-state index contributed by atoms with van der Waals surface area (Å²) in [6.45, 7) is 7.62. The predicted octanol–water partition coefficient (Wildman–Crippen LogP) is 12.2. The number of carbonyl (C=O) groups is 9. The van der Waals surface area contributed by atoms with Crippen LogP contribution in [0.1, 0.15) is 143 Å². The Labute approximate surface area is 809 Å². The highest BCUT2D eigenvalue weighted by Gasteiger charge is 2.32. The fourth-order valence-corrected chi connectivity index (χ4v) is 15.2. The lowest BCUT2D eigenvalue weighted by atomic mass is 10.1. The highest BCUT2D eigenvalue weighted by Crippen LogP contribution is 2.41. The van der Waals surface area contributed by atoms with Gasteiger partial charge in [-0.25, -0.2) is 4.79 Å². The average molecular weight is 1890 g/mol. The van der Waals surface area contributed by atoms with Crippen molar-refractivity contribution in [1.29, 1.82) is 0 Å². The summed E-state index contributed by atoms with van der Waals surface area (Å²) in [5.41, 5.74) is 5.15. The molecule has 3 heterocycles. The predicted molar refractivity (Wildman–Crippen MR) is 525 cm³/mol. The van der Waals surface area contributed by atoms with E-state index < -0.39 is 59.0 Å². The number of benzene rings is 11. The van der Waals surface area contributed by atoms with Gasteiger partial charge in [0.25, 0.3) is 47.3 Å². The number of nitrogens with one attached hydrogen (secondary N) is 9. The molecule has 9 N–H and O–H groups in total. The molecule has 0 atom stereocenters. The van der Waals surface area contributed by atoms with Crippen LogP contribution in [-0.4, -0.2) is 218 Å². The molecule has 0 aromatic heterocycles. The van der Waals surface area contributed by atoms with Gasteiger partial charge in [-0.1, -0.05) is 218 Å². The standard InChI is InChI=1S/C108H120N12O19/c1-108(2,3)139-107(129)117-56-67-131-69-68-130-66-55-116-100(122)85-41-25-40-84(92(85)132-70-77-26-11-4-12-27-77)99(121)109-51-60-119-61-52-113-104(126)89-45-42-86(93(133-71-78-28-13-5-14-29-78)96(89)136-74-81-34-19-8-20-35-81)101(123)110-48-57-118-58-49-111-102(124)87-43-46-90(97(137-75-82-36-21-9-22-37-82)94(87)134-72-79-30-15-6-16-31-79)105(127)114-53-62-120(65-64-119)63-54-115-106(128)91-47-44-88(103(125)112-50-59-118)95(135-73-80-32-17-7-18-33-80)98(91)138-76-83-38-23-10-24-39-83/h4-47H,48-76H2,1-3H3,(H,109,121)(H,110,123)(H,111,124)(H,112,125)(H,113,126)(H,114,127)(H,115,128)(H,116,122)(H,117,129). The topological polar surface area (TPSA) is 364 Å². The van der Waals surface area contributed by atoms with Crippen molar-refractivity contribution in [2.75, 3.05) is 144 Å². The Bertz CT molecular complexity index is 5670. The van der Waals surface area contributed by atoms with Crippen molar-refractivity contribution in [3.63, 3.8) is 0 Å². The number of nitrogens with zero attached hydrogens (tertiary/aromatic N) is 3. The van der Waals surface area contributed by atoms with Gasteiger partial charge in [0.15, 0.2) is 34.5 Å². The van der Waals surface area contributed by atoms with Crippen LogP contribution in [0, 0.1) is 0 Å². The fourth-order valence-electron chi connectivity index (χ4n) is 15.2. The third-order valence-electron chi connectivity index (χ3n) is 22.4. The molecule has 0 aliphatic carbocycles. The molecule has 31 heteroatoms. The van der Waals surface area contributed by atoms with E-state index in [1.165, 1.54) is 36.4 Å². The van der Waals surface area contributed by atoms with Gasteiger partial charge in [-0.05, 0) is 108 Å². The summed E-state index contributed by atoms with van der Waals surface area (Å²) in [4.78, 5) is 139. The molecule has 0 spiro atoms. The molecule has 0 unspecified atom stereocenters. The monoisotopic (exact) mass is 1890 g/mol. The zero-order valence-electron chi connectivity index (χ0n) is 78.5. The van der Waals surface area contributed by atoms with Crippen LogP contribution in [0.15, 0.2) is 267 Å². The number of hydrogen-bond acceptors (Lipinski definition) is 22. The van der Waals surface area contributed by atoms with Gasteiger partial charge in [0.05, 0.1) is 70.9 Å². The zero-order valence-corrected chi connectivity index (χ0v) is 78.5. The van der Waals surface area contributed by atoms with Crippen LogP contribution in [-0.2, 0) is 60.5 Å². The highest BCUT2D eigenvalue weighted by molar-refractivity contribution is 6.06. The van der Waals surface area contributed by atoms with Gasteiger partial charge in [0.2, 0.25) is 0 Å². The van der Waals surface area contributed by atoms with E-state index in [1.807, 2.05) is 227 Å². The molecule has 11 aromatic rings. The van der Waals surface area contributed by atoms with E-state index in [4.69, 9.17) is 47.4 Å². The number of hydrogen-bond donors (Lipinski definition) is 9. The largest absolute Gasteiger partial charge is 0.487 e. The molecule has 14 rings (SSSR count). The molecule has 31 nitrogen and oxygen atoms in total. The van der Waals surface area contributed by atoms with Crippen molar-refractivity contribution in [3.8, 4) is 40.2 Å². The molecule has 9 amide bonds. The quantitative estimate of drug-likeness (QED) is 0.0167. The summed E-state index contributed by atoms with van der Waals surface area (Å²) in [6.07, 6.45) is -0.552. The first-order valence-electron chi connectivity index (χ1n) is 46.7. The Morgan fingerprint density at radius 2 is 0.518 bits per heavy atom. The maximum atomic E-state index is 15.4. The Hall–Kier alpha value is -15.2. The lowest BCUT2D eigenvalue weighted by Crippen LogP contribution is -2.46. The van der Waals surface area contributed by atoms with Crippen molar-refractivity contribution < 1.29 is 90.5 Å². The number of fused-ring (bicyclic) bond motifs is 21. The fraction of sp³-hybridized carbons (Fsp3) is 0.306. The van der Waals surface area contributed by atoms with Gasteiger partial charge in [-0.3, -0.25) is 53.1 Å². The summed E-state index contributed by atoms with van der Waals surface area (Å²) < 4.78 is 63.4. The van der Waals surface area contributed by atoms with Crippen molar-refractivity contribution in [2.45, 2.75) is 72.6 Å². The van der Waals surface area contributed by atoms with Crippen molar-refractivity contribution in [2.24, 2.45) is 0 Å². The van der Waals surface area contributed by atoms with Gasteiger partial charge < -0.3 is 95.2 Å². The maximum absolute atomic E-state index is 15.4. The minimum Gasteiger partial charge on any atom is -0.487 e. The molecule has 139 heavy (non-hydrogen) atoms. The number of ether oxygens (including phenoxy) is 10. The van der Waals surface area contributed by atoms with Crippen LogP contribution < -0.4 is 81.0 Å². The molecule has 726 valence electrons. The van der Waals surface area contributed by atoms with Crippen molar-refractivity contribution >= 4 is 53.4 Å². The minimum atomic E-state index is -0.644. The first kappa shape index (κ1) is 101. The molecule has 0 radical (unpaired) electrons. The molecule has 8 bridgehead atoms. The summed E-state index contributed by atoms with van der Waals surface area (Å²) in [5, 5.41) is 27.3. The van der Waals surface area contributed by atoms with Crippen molar-refractivity contribution in [1.82, 2.24) is 62.6 Å². The van der Waals surface area contributed by atoms with Gasteiger partial charge in [-0.2, -0.15) is 0 Å². The van der Waals surface area contributed by atoms with E-state index in [0.29, 0.717) is 0 Å². The molecule has 11 aromatic carbocycles. The van der Waals surface area contributed by atoms with E-state index in [0.717, 1.165) is 38.9 Å². The number of carbonyl (C=O) groups excluding carboxylic acids is 9. The molecule has 0 saturated carbocycles. The number of para-hydroxylation sites is 1. The van der Waals surface area contributed by atoms with Gasteiger partial charge in [0.1, 0.15) is 57.6 Å². The van der Waals surface area contributed by atoms with E-state index >= 15 is 33.6 Å². The Morgan fingerprint density at radius 3 is 0.791 bits per heavy atom. The Morgan fingerprint density at radius 1 is 0.273 bits per heavy atom. The highest BCUT2D eigenvalue weighted by atomic mass is 16.6. The molecule has 3 aliphatic heterocycles. The first-order chi connectivity index (χ1) is 67.8. The maximum Gasteiger partial charge on any atom is 0.407 e. The van der Waals surface area contributed by atoms with Gasteiger partial charge in [-0.15, -0.1) is 0 Å². The van der Waals surface area contributed by atoms with E-state index in [2.05, 4.69) is 47.9 Å². The minimum absolute atomic E-state index is 0.000173. The second-order valence-electron chi connectivity index (χ2n) is 33.8. The van der Waals surface area contributed by atoms with Crippen LogP contribution in [0.2, 0.25) is 0 Å². The van der Waals surface area contributed by atoms with Crippen LogP contribution in [0.4, 0.5) is 4.79 Å². The SMILES string of the molecule is CC(C)(C)OC(=O)NCCOCCOCCNC(=O)c1cccc(C(=O)NCCN2CCNC(=O)c3ccc(c(OCc4ccccc4)c3OCc3ccccc3)C(=O)NCCN3CCNC(=O)c4ccc(c(OCc5ccccc5)c4OCc4ccccc4)C(=O)NCCN(CCNC(=O)c4ccc(c(OCc5ccccc5)c4OCc4ccccc4)C(=O)NCC3)CC2)c1OCc1ccccc1. The average Bonchev–Trinajstić information content (AvgIpc) is 0.796.